The average Bonchev–Trinajstić information content (AvgIpc) is 3.69. The van der Waals surface area contributed by atoms with Crippen molar-refractivity contribution in [2.24, 2.45) is 14.1 Å². The van der Waals surface area contributed by atoms with Crippen LogP contribution in [0.3, 0.4) is 0 Å². The molecular formula is C38H36F6N6O2. The normalized spacial score (nSPS) is 11.6. The van der Waals surface area contributed by atoms with Crippen LogP contribution in [0.1, 0.15) is 33.6 Å². The third-order valence-corrected chi connectivity index (χ3v) is 8.21. The number of nitrogens with zero attached hydrogens (tertiary/aromatic N) is 4. The number of para-hydroxylation sites is 2. The molecule has 2 aromatic heterocycles. The number of halogens is 6. The Labute approximate surface area is 296 Å². The first kappa shape index (κ1) is 37.3. The summed E-state index contributed by atoms with van der Waals surface area (Å²) in [6.45, 7) is 0. The smallest absolute Gasteiger partial charge is 0.434 e. The van der Waals surface area contributed by atoms with Crippen molar-refractivity contribution >= 4 is 11.4 Å². The van der Waals surface area contributed by atoms with E-state index in [9.17, 15) is 26.3 Å². The summed E-state index contributed by atoms with van der Waals surface area (Å²) in [6.07, 6.45) is -5.74. The number of anilines is 2. The summed E-state index contributed by atoms with van der Waals surface area (Å²) in [6, 6.07) is 25.6. The van der Waals surface area contributed by atoms with Gasteiger partial charge in [0.05, 0.1) is 25.6 Å². The molecule has 8 nitrogen and oxygen atoms in total. The fraction of sp³-hybridized carbons (Fsp3) is 0.211. The molecule has 6 rings (SSSR count). The summed E-state index contributed by atoms with van der Waals surface area (Å²) in [7, 11) is 6.22. The predicted molar refractivity (Wildman–Crippen MR) is 188 cm³/mol. The van der Waals surface area contributed by atoms with Gasteiger partial charge >= 0.3 is 12.4 Å². The Morgan fingerprint density at radius 3 is 1.19 bits per heavy atom. The van der Waals surface area contributed by atoms with Gasteiger partial charge in [-0.1, -0.05) is 72.8 Å². The van der Waals surface area contributed by atoms with Gasteiger partial charge in [-0.15, -0.1) is 0 Å². The first-order chi connectivity index (χ1) is 24.6. The van der Waals surface area contributed by atoms with Gasteiger partial charge in [0.1, 0.15) is 23.1 Å². The van der Waals surface area contributed by atoms with Gasteiger partial charge < -0.3 is 30.1 Å². The van der Waals surface area contributed by atoms with Crippen molar-refractivity contribution in [3.8, 4) is 34.3 Å². The van der Waals surface area contributed by atoms with E-state index in [2.05, 4.69) is 9.97 Å². The predicted octanol–water partition coefficient (Wildman–Crippen LogP) is 8.58. The molecular weight excluding hydrogens is 686 g/mol. The molecule has 0 aliphatic heterocycles. The quantitative estimate of drug-likeness (QED) is 0.121. The van der Waals surface area contributed by atoms with Crippen LogP contribution in [0.5, 0.6) is 11.5 Å². The number of rotatable bonds is 8. The number of aryl methyl sites for hydroxylation is 2. The van der Waals surface area contributed by atoms with Crippen molar-refractivity contribution in [1.82, 2.24) is 19.1 Å². The molecule has 0 spiro atoms. The Morgan fingerprint density at radius 2 is 0.904 bits per heavy atom. The summed E-state index contributed by atoms with van der Waals surface area (Å²) >= 11 is 0. The molecule has 4 N–H and O–H groups in total. The topological polar surface area (TPSA) is 106 Å². The minimum atomic E-state index is -4.46. The van der Waals surface area contributed by atoms with Crippen molar-refractivity contribution in [1.29, 1.82) is 0 Å². The maximum Gasteiger partial charge on any atom is 0.434 e. The number of hydrogen-bond acceptors (Lipinski definition) is 6. The zero-order chi connectivity index (χ0) is 37.8. The van der Waals surface area contributed by atoms with Crippen molar-refractivity contribution in [2.75, 3.05) is 25.7 Å². The van der Waals surface area contributed by atoms with Gasteiger partial charge in [0, 0.05) is 61.6 Å². The van der Waals surface area contributed by atoms with Gasteiger partial charge in [-0.2, -0.15) is 26.3 Å². The second-order valence-corrected chi connectivity index (χ2v) is 11.9. The van der Waals surface area contributed by atoms with Crippen molar-refractivity contribution in [3.05, 3.63) is 131 Å². The van der Waals surface area contributed by atoms with Crippen LogP contribution in [0.2, 0.25) is 0 Å². The fourth-order valence-corrected chi connectivity index (χ4v) is 5.71. The average molecular weight is 723 g/mol. The summed E-state index contributed by atoms with van der Waals surface area (Å²) < 4.78 is 90.3. The highest BCUT2D eigenvalue weighted by atomic mass is 19.4. The highest BCUT2D eigenvalue weighted by Gasteiger charge is 2.35. The molecule has 4 aromatic carbocycles. The number of benzene rings is 4. The standard InChI is InChI=1S/2C19H18F3N3O/c2*1-25-11-16(19(20,21)22)24-18(25)13-8-6-12(7-9-13)10-14-4-3-5-15(23)17(14)26-2/h2*3-9,11H,10,23H2,1-2H3. The summed E-state index contributed by atoms with van der Waals surface area (Å²) in [5, 5.41) is 0. The molecule has 0 aliphatic rings. The fourth-order valence-electron chi connectivity index (χ4n) is 5.71. The van der Waals surface area contributed by atoms with Gasteiger partial charge in [0.25, 0.3) is 0 Å². The van der Waals surface area contributed by atoms with Crippen LogP contribution < -0.4 is 20.9 Å². The molecule has 14 heteroatoms. The van der Waals surface area contributed by atoms with Crippen LogP contribution in [0.4, 0.5) is 37.7 Å². The third kappa shape index (κ3) is 8.50. The molecule has 52 heavy (non-hydrogen) atoms. The molecule has 2 heterocycles. The minimum absolute atomic E-state index is 0.269. The second-order valence-electron chi connectivity index (χ2n) is 11.9. The Hall–Kier alpha value is -5.92. The number of imidazole rings is 2. The van der Waals surface area contributed by atoms with Crippen molar-refractivity contribution in [3.63, 3.8) is 0 Å². The monoisotopic (exact) mass is 722 g/mol. The molecule has 0 bridgehead atoms. The summed E-state index contributed by atoms with van der Waals surface area (Å²) in [5.41, 5.74) is 16.2. The lowest BCUT2D eigenvalue weighted by Crippen LogP contribution is -2.04. The Kier molecular flexibility index (Phi) is 10.9. The number of alkyl halides is 6. The molecule has 0 saturated heterocycles. The highest BCUT2D eigenvalue weighted by Crippen LogP contribution is 2.33. The first-order valence-corrected chi connectivity index (χ1v) is 15.8. The van der Waals surface area contributed by atoms with Crippen LogP contribution in [0, 0.1) is 0 Å². The third-order valence-electron chi connectivity index (χ3n) is 8.21. The maximum absolute atomic E-state index is 12.8. The number of methoxy groups -OCH3 is 2. The second kappa shape index (κ2) is 15.1. The number of aromatic nitrogens is 4. The molecule has 0 aliphatic carbocycles. The van der Waals surface area contributed by atoms with E-state index in [1.165, 1.54) is 9.13 Å². The number of ether oxygens (including phenoxy) is 2. The van der Waals surface area contributed by atoms with Crippen LogP contribution in [0.15, 0.2) is 97.3 Å². The maximum atomic E-state index is 12.8. The van der Waals surface area contributed by atoms with Crippen LogP contribution in [-0.4, -0.2) is 33.3 Å². The molecule has 0 amide bonds. The van der Waals surface area contributed by atoms with Crippen LogP contribution in [0.25, 0.3) is 22.8 Å². The molecule has 0 atom stereocenters. The molecule has 6 aromatic rings. The largest absolute Gasteiger partial charge is 0.494 e. The zero-order valence-corrected chi connectivity index (χ0v) is 28.7. The Bertz CT molecular complexity index is 1980. The number of nitrogen functional groups attached to an aromatic ring is 2. The van der Waals surface area contributed by atoms with E-state index in [1.807, 2.05) is 48.5 Å². The van der Waals surface area contributed by atoms with E-state index in [0.29, 0.717) is 46.8 Å². The van der Waals surface area contributed by atoms with Gasteiger partial charge in [-0.3, -0.25) is 0 Å². The van der Waals surface area contributed by atoms with Gasteiger partial charge in [-0.05, 0) is 23.3 Å². The molecule has 272 valence electrons. The number of nitrogens with two attached hydrogens (primary N) is 2. The molecule has 0 fully saturated rings. The first-order valence-electron chi connectivity index (χ1n) is 15.8. The van der Waals surface area contributed by atoms with Crippen LogP contribution in [-0.2, 0) is 39.3 Å². The van der Waals surface area contributed by atoms with E-state index in [1.54, 1.807) is 64.7 Å². The van der Waals surface area contributed by atoms with Crippen LogP contribution >= 0.6 is 0 Å². The Balaban J connectivity index is 0.000000201. The van der Waals surface area contributed by atoms with Gasteiger partial charge in [-0.25, -0.2) is 9.97 Å². The van der Waals surface area contributed by atoms with E-state index < -0.39 is 23.7 Å². The summed E-state index contributed by atoms with van der Waals surface area (Å²) in [4.78, 5) is 7.41. The Morgan fingerprint density at radius 1 is 0.558 bits per heavy atom. The number of hydrogen-bond donors (Lipinski definition) is 2. The van der Waals surface area contributed by atoms with E-state index >= 15 is 0 Å². The van der Waals surface area contributed by atoms with Gasteiger partial charge in [0.2, 0.25) is 0 Å². The lowest BCUT2D eigenvalue weighted by atomic mass is 10.0. The van der Waals surface area contributed by atoms with E-state index in [-0.39, 0.29) is 11.6 Å². The zero-order valence-electron chi connectivity index (χ0n) is 28.7. The highest BCUT2D eigenvalue weighted by molar-refractivity contribution is 5.61. The minimum Gasteiger partial charge on any atom is -0.494 e. The van der Waals surface area contributed by atoms with E-state index in [0.717, 1.165) is 34.6 Å². The summed E-state index contributed by atoms with van der Waals surface area (Å²) in [5.74, 6) is 1.81. The van der Waals surface area contributed by atoms with Crippen molar-refractivity contribution < 1.29 is 35.8 Å². The van der Waals surface area contributed by atoms with Gasteiger partial charge in [0.15, 0.2) is 11.4 Å². The lowest BCUT2D eigenvalue weighted by molar-refractivity contribution is -0.141. The molecule has 0 radical (unpaired) electrons. The SMILES string of the molecule is COc1c(N)cccc1Cc1ccc(-c2nc(C(F)(F)F)cn2C)cc1.COc1c(N)cccc1Cc1ccc(-c2nc(C(F)(F)F)cn2C)cc1. The lowest BCUT2D eigenvalue weighted by Gasteiger charge is -2.11. The van der Waals surface area contributed by atoms with E-state index in [4.69, 9.17) is 20.9 Å². The molecule has 0 unspecified atom stereocenters. The van der Waals surface area contributed by atoms with Crippen molar-refractivity contribution in [2.45, 2.75) is 25.2 Å². The molecule has 0 saturated carbocycles.